The van der Waals surface area contributed by atoms with Crippen molar-refractivity contribution in [1.29, 1.82) is 5.26 Å². The number of rotatable bonds is 6. The first-order valence-corrected chi connectivity index (χ1v) is 12.0. The Bertz CT molecular complexity index is 826. The summed E-state index contributed by atoms with van der Waals surface area (Å²) in [5, 5.41) is 21.6. The van der Waals surface area contributed by atoms with E-state index in [2.05, 4.69) is 17.2 Å². The van der Waals surface area contributed by atoms with Gasteiger partial charge < -0.3 is 5.11 Å². The number of thioether (sulfide) groups is 1. The van der Waals surface area contributed by atoms with E-state index in [1.807, 2.05) is 6.19 Å². The van der Waals surface area contributed by atoms with Gasteiger partial charge in [0.1, 0.15) is 4.90 Å². The molecular weight excluding hydrogens is 396 g/mol. The Morgan fingerprint density at radius 2 is 2.04 bits per heavy atom. The molecular formula is C19H28N4O3S2. The van der Waals surface area contributed by atoms with Crippen LogP contribution in [0, 0.1) is 17.4 Å². The van der Waals surface area contributed by atoms with Crippen molar-refractivity contribution in [1.82, 2.24) is 9.62 Å². The van der Waals surface area contributed by atoms with E-state index < -0.39 is 16.1 Å². The van der Waals surface area contributed by atoms with E-state index in [0.717, 1.165) is 25.7 Å². The highest BCUT2D eigenvalue weighted by Gasteiger charge is 2.35. The number of aliphatic hydroxyl groups is 1. The maximum atomic E-state index is 13.6. The van der Waals surface area contributed by atoms with E-state index in [1.165, 1.54) is 22.1 Å². The lowest BCUT2D eigenvalue weighted by molar-refractivity contribution is 0.130. The average molecular weight is 425 g/mol. The molecule has 1 aliphatic rings. The van der Waals surface area contributed by atoms with Crippen LogP contribution in [0.4, 0.5) is 5.69 Å². The number of nitrogens with one attached hydrogen (secondary N) is 1. The zero-order chi connectivity index (χ0) is 20.7. The normalized spacial score (nSPS) is 21.9. The summed E-state index contributed by atoms with van der Waals surface area (Å²) in [4.78, 5) is 4.41. The van der Waals surface area contributed by atoms with Crippen molar-refractivity contribution in [2.75, 3.05) is 12.8 Å². The van der Waals surface area contributed by atoms with Gasteiger partial charge in [0.05, 0.1) is 11.8 Å². The Balaban J connectivity index is 2.46. The van der Waals surface area contributed by atoms with Gasteiger partial charge in [-0.3, -0.25) is 5.32 Å². The molecule has 0 amide bonds. The first-order valence-electron chi connectivity index (χ1n) is 9.36. The second kappa shape index (κ2) is 10.3. The van der Waals surface area contributed by atoms with Crippen molar-refractivity contribution < 1.29 is 13.5 Å². The SMILES string of the molecule is CSC(=Nc1ccccc1S(=O)(=O)N(CC(C)O)C1CCC(C)CC1)NC#N. The van der Waals surface area contributed by atoms with Crippen molar-refractivity contribution in [3.63, 3.8) is 0 Å². The summed E-state index contributed by atoms with van der Waals surface area (Å²) >= 11 is 1.22. The summed E-state index contributed by atoms with van der Waals surface area (Å²) in [5.74, 6) is 0.588. The Morgan fingerprint density at radius 3 is 2.61 bits per heavy atom. The van der Waals surface area contributed by atoms with Gasteiger partial charge in [-0.15, -0.1) is 0 Å². The second-order valence-corrected chi connectivity index (χ2v) is 9.82. The number of hydrogen-bond acceptors (Lipinski definition) is 6. The third kappa shape index (κ3) is 5.70. The molecule has 1 atom stereocenters. The van der Waals surface area contributed by atoms with E-state index in [9.17, 15) is 13.5 Å². The van der Waals surface area contributed by atoms with Gasteiger partial charge >= 0.3 is 0 Å². The Kier molecular flexibility index (Phi) is 8.31. The molecule has 2 rings (SSSR count). The quantitative estimate of drug-likeness (QED) is 0.315. The Hall–Kier alpha value is -1.60. The third-order valence-corrected chi connectivity index (χ3v) is 7.41. The predicted octanol–water partition coefficient (Wildman–Crippen LogP) is 3.06. The number of aliphatic imine (C=N–C) groups is 1. The van der Waals surface area contributed by atoms with Crippen molar-refractivity contribution in [3.05, 3.63) is 24.3 Å². The number of amidine groups is 1. The molecule has 1 aliphatic carbocycles. The van der Waals surface area contributed by atoms with Gasteiger partial charge in [-0.1, -0.05) is 30.8 Å². The van der Waals surface area contributed by atoms with Crippen LogP contribution in [0.2, 0.25) is 0 Å². The van der Waals surface area contributed by atoms with Crippen LogP contribution in [0.25, 0.3) is 0 Å². The predicted molar refractivity (Wildman–Crippen MR) is 113 cm³/mol. The molecule has 1 unspecified atom stereocenters. The van der Waals surface area contributed by atoms with Crippen molar-refractivity contribution in [3.8, 4) is 6.19 Å². The van der Waals surface area contributed by atoms with Crippen molar-refractivity contribution in [2.45, 2.75) is 56.6 Å². The summed E-state index contributed by atoms with van der Waals surface area (Å²) in [6.07, 6.45) is 6.30. The van der Waals surface area contributed by atoms with Gasteiger partial charge in [-0.2, -0.15) is 9.57 Å². The van der Waals surface area contributed by atoms with Gasteiger partial charge in [0.15, 0.2) is 11.4 Å². The molecule has 0 saturated heterocycles. The number of hydrogen-bond donors (Lipinski definition) is 2. The maximum Gasteiger partial charge on any atom is 0.245 e. The first kappa shape index (κ1) is 22.7. The van der Waals surface area contributed by atoms with Crippen LogP contribution in [0.1, 0.15) is 39.5 Å². The third-order valence-electron chi connectivity index (χ3n) is 4.87. The van der Waals surface area contributed by atoms with Crippen LogP contribution >= 0.6 is 11.8 Å². The summed E-state index contributed by atoms with van der Waals surface area (Å²) in [5.41, 5.74) is 0.273. The molecule has 1 aromatic rings. The number of sulfonamides is 1. The molecule has 1 fully saturated rings. The molecule has 7 nitrogen and oxygen atoms in total. The maximum absolute atomic E-state index is 13.6. The molecule has 1 saturated carbocycles. The Labute approximate surface area is 171 Å². The monoisotopic (exact) mass is 424 g/mol. The van der Waals surface area contributed by atoms with Gasteiger partial charge in [0.2, 0.25) is 10.0 Å². The fourth-order valence-corrected chi connectivity index (χ4v) is 5.64. The highest BCUT2D eigenvalue weighted by atomic mass is 32.2. The van der Waals surface area contributed by atoms with Crippen molar-refractivity contribution in [2.24, 2.45) is 10.9 Å². The Morgan fingerprint density at radius 1 is 1.39 bits per heavy atom. The molecule has 0 aliphatic heterocycles. The topological polar surface area (TPSA) is 106 Å². The first-order chi connectivity index (χ1) is 13.3. The van der Waals surface area contributed by atoms with Crippen LogP contribution in [0.5, 0.6) is 0 Å². The number of nitrogens with zero attached hydrogens (tertiary/aromatic N) is 3. The molecule has 0 heterocycles. The highest BCUT2D eigenvalue weighted by Crippen LogP contribution is 2.34. The summed E-state index contributed by atoms with van der Waals surface area (Å²) in [7, 11) is -3.87. The molecule has 0 aromatic heterocycles. The number of aliphatic hydroxyl groups excluding tert-OH is 1. The lowest BCUT2D eigenvalue weighted by Gasteiger charge is -2.36. The standard InChI is InChI=1S/C19H28N4O3S2/c1-14-8-10-16(11-9-14)23(12-15(2)24)28(25,26)18-7-5-4-6-17(18)22-19(27-3)21-13-20/h4-7,14-16,24H,8-12H2,1-3H3,(H,21,22). The molecule has 0 spiro atoms. The average Bonchev–Trinajstić information content (AvgIpc) is 2.66. The van der Waals surface area contributed by atoms with E-state index in [4.69, 9.17) is 5.26 Å². The van der Waals surface area contributed by atoms with Crippen LogP contribution in [-0.2, 0) is 10.0 Å². The van der Waals surface area contributed by atoms with Gasteiger partial charge in [-0.25, -0.2) is 13.4 Å². The minimum atomic E-state index is -3.87. The molecule has 0 bridgehead atoms. The highest BCUT2D eigenvalue weighted by molar-refractivity contribution is 8.13. The van der Waals surface area contributed by atoms with Crippen LogP contribution in [0.3, 0.4) is 0 Å². The minimum absolute atomic E-state index is 0.0469. The number of nitriles is 1. The fourth-order valence-electron chi connectivity index (χ4n) is 3.41. The second-order valence-electron chi connectivity index (χ2n) is 7.16. The molecule has 28 heavy (non-hydrogen) atoms. The zero-order valence-corrected chi connectivity index (χ0v) is 18.1. The number of benzene rings is 1. The van der Waals surface area contributed by atoms with Crippen LogP contribution in [-0.4, -0.2) is 47.9 Å². The lowest BCUT2D eigenvalue weighted by atomic mass is 9.87. The number of para-hydroxylation sites is 1. The summed E-state index contributed by atoms with van der Waals surface area (Å²) < 4.78 is 28.5. The van der Waals surface area contributed by atoms with Gasteiger partial charge in [0.25, 0.3) is 0 Å². The van der Waals surface area contributed by atoms with Gasteiger partial charge in [-0.05, 0) is 56.9 Å². The zero-order valence-electron chi connectivity index (χ0n) is 16.5. The van der Waals surface area contributed by atoms with E-state index in [1.54, 1.807) is 31.4 Å². The molecule has 1 aromatic carbocycles. The van der Waals surface area contributed by atoms with E-state index in [0.29, 0.717) is 11.1 Å². The smallest absolute Gasteiger partial charge is 0.245 e. The van der Waals surface area contributed by atoms with Crippen LogP contribution in [0.15, 0.2) is 34.2 Å². The molecule has 2 N–H and O–H groups in total. The summed E-state index contributed by atoms with van der Waals surface area (Å²) in [6, 6.07) is 6.38. The van der Waals surface area contributed by atoms with E-state index >= 15 is 0 Å². The largest absolute Gasteiger partial charge is 0.392 e. The molecule has 0 radical (unpaired) electrons. The summed E-state index contributed by atoms with van der Waals surface area (Å²) in [6.45, 7) is 3.83. The lowest BCUT2D eigenvalue weighted by Crippen LogP contribution is -2.45. The minimum Gasteiger partial charge on any atom is -0.392 e. The van der Waals surface area contributed by atoms with Gasteiger partial charge in [0, 0.05) is 12.6 Å². The van der Waals surface area contributed by atoms with Crippen molar-refractivity contribution >= 4 is 32.6 Å². The molecule has 9 heteroatoms. The molecule has 154 valence electrons. The fraction of sp³-hybridized carbons (Fsp3) is 0.579. The van der Waals surface area contributed by atoms with Crippen LogP contribution < -0.4 is 5.32 Å². The van der Waals surface area contributed by atoms with E-state index in [-0.39, 0.29) is 23.2 Å².